The number of benzene rings is 11. The van der Waals surface area contributed by atoms with Crippen LogP contribution in [0.1, 0.15) is 43.2 Å². The lowest BCUT2D eigenvalue weighted by Gasteiger charge is -2.23. The van der Waals surface area contributed by atoms with E-state index < -0.39 is 18.4 Å². The van der Waals surface area contributed by atoms with Gasteiger partial charge >= 0.3 is 3.18 Å². The molecule has 18 aromatic rings. The van der Waals surface area contributed by atoms with E-state index in [1.807, 2.05) is 322 Å². The van der Waals surface area contributed by atoms with Gasteiger partial charge in [0, 0.05) is 86.8 Å². The number of aromatic nitrogens is 10. The van der Waals surface area contributed by atoms with E-state index in [9.17, 15) is 29.1 Å². The second-order valence-electron chi connectivity index (χ2n) is 29.9. The van der Waals surface area contributed by atoms with Gasteiger partial charge in [-0.25, -0.2) is 4.98 Å². The zero-order valence-corrected chi connectivity index (χ0v) is 75.8. The summed E-state index contributed by atoms with van der Waals surface area (Å²) >= 11 is 16.2. The summed E-state index contributed by atoms with van der Waals surface area (Å²) in [4.78, 5) is 82.4. The van der Waals surface area contributed by atoms with E-state index in [2.05, 4.69) is 85.0 Å². The Morgan fingerprint density at radius 1 is 0.420 bits per heavy atom. The third-order valence-corrected chi connectivity index (χ3v) is 21.6. The summed E-state index contributed by atoms with van der Waals surface area (Å²) < 4.78 is 21.6. The SMILES string of the molecule is BrB(Br)Br.COc1c(-c2ccc3ncccc3c2)c(Cl)nc2c(-c3ccccc3)c(-c3ccccc3)nn12.NC(=O)COCc1ccccc1.O=C(CO)NC1=C(c2ccc3ncccc3c2)C(=O)n2nc(-c3ccccc3)c(-c3ccccc3)c2C1.O=C(COCc1ccccc1)NC1=C(c2ccc3ncccc3c2)C(=O)n2nc(-c3ccccc3)c(-c3ccccc3)c2C1. The van der Waals surface area contributed by atoms with Gasteiger partial charge in [0.2, 0.25) is 23.6 Å². The van der Waals surface area contributed by atoms with Gasteiger partial charge in [0.25, 0.3) is 11.8 Å². The number of hydrogen-bond donors (Lipinski definition) is 4. The van der Waals surface area contributed by atoms with Crippen LogP contribution in [0.15, 0.2) is 364 Å². The summed E-state index contributed by atoms with van der Waals surface area (Å²) in [5.41, 5.74) is 26.5. The molecule has 0 fully saturated rings. The number of allylic oxidation sites excluding steroid dienone is 4. The van der Waals surface area contributed by atoms with E-state index >= 15 is 0 Å². The molecule has 0 spiro atoms. The molecule has 9 heterocycles. The fourth-order valence-corrected chi connectivity index (χ4v) is 15.9. The number of methoxy groups -OCH3 is 1. The Labute approximate surface area is 783 Å². The number of carbonyl (C=O) groups excluding carboxylic acids is 5. The topological polar surface area (TPSA) is 288 Å². The van der Waals surface area contributed by atoms with Crippen LogP contribution in [-0.2, 0) is 49.9 Å². The molecule has 2 aliphatic heterocycles. The second-order valence-corrected chi connectivity index (χ2v) is 36.7. The van der Waals surface area contributed by atoms with Crippen LogP contribution in [0, 0.1) is 0 Å². The molecule has 0 bridgehead atoms. The largest absolute Gasteiger partial charge is 0.480 e. The number of ether oxygens (including phenoxy) is 3. The number of fused-ring (bicyclic) bond motifs is 6. The quantitative estimate of drug-likeness (QED) is 0.0384. The predicted molar refractivity (Wildman–Crippen MR) is 526 cm³/mol. The number of rotatable bonds is 21. The molecule has 131 heavy (non-hydrogen) atoms. The molecule has 0 atom stereocenters. The third kappa shape index (κ3) is 21.1. The zero-order valence-electron chi connectivity index (χ0n) is 70.3. The van der Waals surface area contributed by atoms with Crippen molar-refractivity contribution >= 4 is 141 Å². The maximum atomic E-state index is 14.4. The van der Waals surface area contributed by atoms with Crippen LogP contribution < -0.4 is 21.1 Å². The van der Waals surface area contributed by atoms with Crippen molar-refractivity contribution in [1.29, 1.82) is 0 Å². The van der Waals surface area contributed by atoms with E-state index in [0.717, 1.165) is 105 Å². The Balaban J connectivity index is 0.000000133. The monoisotopic (exact) mass is 1940 g/mol. The highest BCUT2D eigenvalue weighted by molar-refractivity contribution is 9.69. The van der Waals surface area contributed by atoms with Gasteiger partial charge in [0.05, 0.1) is 70.5 Å². The van der Waals surface area contributed by atoms with E-state index in [4.69, 9.17) is 51.8 Å². The average Bonchev–Trinajstić information content (AvgIpc) is 1.61. The van der Waals surface area contributed by atoms with Crippen LogP contribution in [0.3, 0.4) is 0 Å². The molecular formula is C104H80BBr3ClN13O9. The minimum absolute atomic E-state index is 0.0190. The minimum atomic E-state index is -0.688. The lowest BCUT2D eigenvalue weighted by molar-refractivity contribution is -0.125. The molecule has 0 saturated heterocycles. The summed E-state index contributed by atoms with van der Waals surface area (Å²) in [5, 5.41) is 33.1. The number of pyridine rings is 3. The Kier molecular flexibility index (Phi) is 29.2. The molecular weight excluding hydrogens is 1860 g/mol. The first-order chi connectivity index (χ1) is 64.0. The maximum Gasteiger partial charge on any atom is 0.369 e. The summed E-state index contributed by atoms with van der Waals surface area (Å²) in [7, 11) is 1.63. The number of hydrogen-bond acceptors (Lipinski definition) is 16. The lowest BCUT2D eigenvalue weighted by Crippen LogP contribution is -2.34. The predicted octanol–water partition coefficient (Wildman–Crippen LogP) is 21.0. The fourth-order valence-electron chi connectivity index (χ4n) is 15.7. The van der Waals surface area contributed by atoms with E-state index in [1.165, 1.54) is 9.36 Å². The van der Waals surface area contributed by atoms with Crippen molar-refractivity contribution in [2.24, 2.45) is 5.73 Å². The number of aliphatic hydroxyl groups is 1. The number of nitrogens with one attached hydrogen (secondary N) is 2. The smallest absolute Gasteiger partial charge is 0.369 e. The molecule has 2 aliphatic rings. The van der Waals surface area contributed by atoms with Crippen molar-refractivity contribution in [3.63, 3.8) is 0 Å². The molecule has 7 aromatic heterocycles. The van der Waals surface area contributed by atoms with Gasteiger partial charge in [-0.15, -0.1) is 47.3 Å². The Morgan fingerprint density at radius 2 is 0.763 bits per heavy atom. The normalized spacial score (nSPS) is 12.0. The van der Waals surface area contributed by atoms with Crippen LogP contribution in [0.25, 0.3) is 128 Å². The molecule has 0 saturated carbocycles. The van der Waals surface area contributed by atoms with Crippen molar-refractivity contribution in [2.75, 3.05) is 26.9 Å². The van der Waals surface area contributed by atoms with Crippen LogP contribution in [0.4, 0.5) is 0 Å². The first-order valence-corrected chi connectivity index (χ1v) is 44.7. The second kappa shape index (κ2) is 42.5. The summed E-state index contributed by atoms with van der Waals surface area (Å²) in [5.74, 6) is -1.49. The lowest BCUT2D eigenvalue weighted by atomic mass is 9.92. The van der Waals surface area contributed by atoms with Crippen LogP contribution in [-0.4, -0.2) is 114 Å². The van der Waals surface area contributed by atoms with Crippen molar-refractivity contribution in [3.8, 4) is 84.2 Å². The minimum Gasteiger partial charge on any atom is -0.480 e. The number of primary amides is 1. The Bertz CT molecular complexity index is 7250. The van der Waals surface area contributed by atoms with Gasteiger partial charge in [-0.1, -0.05) is 291 Å². The first-order valence-electron chi connectivity index (χ1n) is 41.5. The highest BCUT2D eigenvalue weighted by atomic mass is 79.9. The highest BCUT2D eigenvalue weighted by Crippen LogP contribution is 2.45. The van der Waals surface area contributed by atoms with Gasteiger partial charge < -0.3 is 35.7 Å². The molecule has 27 heteroatoms. The highest BCUT2D eigenvalue weighted by Gasteiger charge is 2.37. The van der Waals surface area contributed by atoms with Crippen molar-refractivity contribution in [3.05, 3.63) is 402 Å². The molecule has 646 valence electrons. The number of halogens is 4. The zero-order chi connectivity index (χ0) is 90.7. The van der Waals surface area contributed by atoms with Gasteiger partial charge in [0.1, 0.15) is 42.1 Å². The van der Waals surface area contributed by atoms with E-state index in [1.54, 1.807) is 30.2 Å². The molecule has 20 rings (SSSR count). The van der Waals surface area contributed by atoms with Crippen molar-refractivity contribution < 1.29 is 43.3 Å². The van der Waals surface area contributed by atoms with Crippen molar-refractivity contribution in [1.82, 2.24) is 59.7 Å². The molecule has 11 aromatic carbocycles. The number of nitrogens with two attached hydrogens (primary N) is 1. The number of aliphatic hydroxyl groups excluding tert-OH is 1. The van der Waals surface area contributed by atoms with Crippen molar-refractivity contribution in [2.45, 2.75) is 26.1 Å². The third-order valence-electron chi connectivity index (χ3n) is 21.4. The number of nitrogens with zero attached hydrogens (tertiary/aromatic N) is 10. The van der Waals surface area contributed by atoms with Gasteiger partial charge in [0.15, 0.2) is 5.65 Å². The van der Waals surface area contributed by atoms with Crippen LogP contribution in [0.2, 0.25) is 5.15 Å². The Morgan fingerprint density at radius 3 is 1.15 bits per heavy atom. The summed E-state index contributed by atoms with van der Waals surface area (Å²) in [6.07, 6.45) is 5.78. The molecule has 0 unspecified atom stereocenters. The summed E-state index contributed by atoms with van der Waals surface area (Å²) in [6.45, 7) is -0.116. The molecule has 0 radical (unpaired) electrons. The number of carbonyl (C=O) groups is 5. The first kappa shape index (κ1) is 89.8. The molecule has 0 aliphatic carbocycles. The average molecular weight is 1940 g/mol. The molecule has 5 N–H and O–H groups in total. The van der Waals surface area contributed by atoms with Crippen LogP contribution in [0.5, 0.6) is 5.88 Å². The number of amides is 3. The summed E-state index contributed by atoms with van der Waals surface area (Å²) in [6, 6.07) is 108. The fraction of sp³-hybridized carbons (Fsp3) is 0.0769. The van der Waals surface area contributed by atoms with E-state index in [-0.39, 0.29) is 40.5 Å². The standard InChI is InChI=1S/C37H28N4O3.C30H22N4O3.C28H19ClN4O.C9H11NO2.BBr3/c42-33(24-44-23-25-11-4-1-5-12-25)39-31-22-32-35(26-13-6-2-7-14-26)36(27-15-8-3-9-16-27)40-41(32)37(43)34(31)29-18-19-30-28(21-29)17-10-20-38-30;35-18-26(36)32-24-17-25-28(19-8-3-1-4-9-19)29(20-10-5-2-6-11-20)33-34(25)30(37)27(24)22-13-14-23-21(16-22)12-7-15-31-23;1-34-28-24(21-14-15-22-20(17-21)13-8-16-30-22)26(29)31-27-23(18-9-4-2-5-10-18)25(32-33(27)28)19-11-6-3-7-12-19;10-9(11)7-12-6-8-4-2-1-3-5-8;2-1(3)4/h1-21H,22-24H2,(H,39,42);1-16,35H,17-18H2,(H,32,36);2-17H,1H3;1-5H,6-7H2,(H2,10,11);. The Hall–Kier alpha value is -14.6. The molecule has 22 nitrogen and oxygen atoms in total. The molecule has 3 amide bonds. The van der Waals surface area contributed by atoms with Gasteiger partial charge in [-0.05, 0) is 99.1 Å². The van der Waals surface area contributed by atoms with Gasteiger partial charge in [-0.2, -0.15) is 29.2 Å². The van der Waals surface area contributed by atoms with Crippen LogP contribution >= 0.6 is 58.9 Å². The van der Waals surface area contributed by atoms with Gasteiger partial charge in [-0.3, -0.25) is 38.9 Å². The van der Waals surface area contributed by atoms with E-state index in [0.29, 0.717) is 98.3 Å². The maximum absolute atomic E-state index is 14.4.